The van der Waals surface area contributed by atoms with Gasteiger partial charge in [0.05, 0.1) is 5.69 Å². The number of benzene rings is 1. The summed E-state index contributed by atoms with van der Waals surface area (Å²) in [7, 11) is 3.63. The van der Waals surface area contributed by atoms with Crippen LogP contribution in [0.15, 0.2) is 18.2 Å². The summed E-state index contributed by atoms with van der Waals surface area (Å²) in [6.07, 6.45) is 3.54. The molecule has 0 aromatic heterocycles. The zero-order valence-corrected chi connectivity index (χ0v) is 15.0. The van der Waals surface area contributed by atoms with Crippen LogP contribution in [0.4, 0.5) is 5.69 Å². The normalized spacial score (nSPS) is 20.2. The van der Waals surface area contributed by atoms with Gasteiger partial charge in [-0.1, -0.05) is 0 Å². The fraction of sp³-hybridized carbons (Fsp3) is 0.556. The Morgan fingerprint density at radius 2 is 2.08 bits per heavy atom. The lowest BCUT2D eigenvalue weighted by atomic mass is 10.2. The molecule has 0 aliphatic carbocycles. The van der Waals surface area contributed by atoms with Gasteiger partial charge in [-0.3, -0.25) is 9.59 Å². The largest absolute Gasteiger partial charge is 0.489 e. The maximum absolute atomic E-state index is 11.7. The van der Waals surface area contributed by atoms with Gasteiger partial charge in [-0.25, -0.2) is 0 Å². The number of ether oxygens (including phenoxy) is 1. The Kier molecular flexibility index (Phi) is 7.36. The molecule has 1 aromatic carbocycles. The van der Waals surface area contributed by atoms with Crippen LogP contribution < -0.4 is 20.7 Å². The quantitative estimate of drug-likeness (QED) is 0.770. The summed E-state index contributed by atoms with van der Waals surface area (Å²) in [5.74, 6) is 0.344. The number of hydrogen-bond acceptors (Lipinski definition) is 6. The molecular formula is C18H28N4O3. The van der Waals surface area contributed by atoms with Crippen LogP contribution in [0.2, 0.25) is 0 Å². The zero-order valence-electron chi connectivity index (χ0n) is 15.0. The number of anilines is 1. The van der Waals surface area contributed by atoms with E-state index >= 15 is 0 Å². The van der Waals surface area contributed by atoms with Gasteiger partial charge in [0.1, 0.15) is 24.7 Å². The minimum Gasteiger partial charge on any atom is -0.489 e. The monoisotopic (exact) mass is 348 g/mol. The minimum atomic E-state index is -0.669. The van der Waals surface area contributed by atoms with Crippen molar-refractivity contribution in [1.82, 2.24) is 10.2 Å². The van der Waals surface area contributed by atoms with E-state index in [0.717, 1.165) is 12.8 Å². The lowest BCUT2D eigenvalue weighted by Crippen LogP contribution is -2.43. The molecule has 2 heterocycles. The van der Waals surface area contributed by atoms with E-state index in [1.807, 2.05) is 7.05 Å². The number of nitrogens with two attached hydrogens (primary N) is 1. The lowest BCUT2D eigenvalue weighted by Gasteiger charge is -2.17. The molecule has 138 valence electrons. The fourth-order valence-corrected chi connectivity index (χ4v) is 2.89. The Labute approximate surface area is 149 Å². The third kappa shape index (κ3) is 5.26. The molecule has 3 N–H and O–H groups in total. The van der Waals surface area contributed by atoms with E-state index in [4.69, 9.17) is 10.5 Å². The van der Waals surface area contributed by atoms with Crippen molar-refractivity contribution < 1.29 is 14.3 Å². The molecule has 1 amide bonds. The number of fused-ring (bicyclic) bond motifs is 1. The van der Waals surface area contributed by atoms with Gasteiger partial charge in [0.15, 0.2) is 0 Å². The summed E-state index contributed by atoms with van der Waals surface area (Å²) in [6.45, 7) is 5.16. The number of nitrogens with zero attached hydrogens (tertiary/aromatic N) is 2. The summed E-state index contributed by atoms with van der Waals surface area (Å²) >= 11 is 0. The second-order valence-corrected chi connectivity index (χ2v) is 6.31. The molecule has 0 bridgehead atoms. The van der Waals surface area contributed by atoms with Crippen molar-refractivity contribution in [2.75, 3.05) is 51.8 Å². The van der Waals surface area contributed by atoms with Crippen LogP contribution in [0, 0.1) is 0 Å². The number of carbonyl (C=O) groups excluding carboxylic acids is 2. The second-order valence-electron chi connectivity index (χ2n) is 6.31. The highest BCUT2D eigenvalue weighted by Crippen LogP contribution is 2.30. The number of nitrogens with one attached hydrogen (secondary N) is 1. The van der Waals surface area contributed by atoms with Crippen molar-refractivity contribution >= 4 is 17.9 Å². The van der Waals surface area contributed by atoms with E-state index in [2.05, 4.69) is 10.2 Å². The first-order valence-corrected chi connectivity index (χ1v) is 8.69. The Morgan fingerprint density at radius 3 is 2.72 bits per heavy atom. The number of amides is 1. The Hall–Kier alpha value is -1.96. The molecule has 0 unspecified atom stereocenters. The van der Waals surface area contributed by atoms with E-state index in [1.54, 1.807) is 25.2 Å². The second kappa shape index (κ2) is 9.50. The molecule has 0 saturated carbocycles. The summed E-state index contributed by atoms with van der Waals surface area (Å²) < 4.78 is 5.40. The van der Waals surface area contributed by atoms with Gasteiger partial charge in [-0.05, 0) is 51.2 Å². The molecule has 2 aliphatic heterocycles. The van der Waals surface area contributed by atoms with Crippen LogP contribution in [-0.2, 0) is 4.79 Å². The number of rotatable bonds is 4. The highest BCUT2D eigenvalue weighted by Gasteiger charge is 2.26. The molecule has 7 nitrogen and oxygen atoms in total. The molecule has 1 saturated heterocycles. The molecule has 0 spiro atoms. The summed E-state index contributed by atoms with van der Waals surface area (Å²) in [4.78, 5) is 26.3. The fourth-order valence-electron chi connectivity index (χ4n) is 2.89. The molecule has 1 atom stereocenters. The first-order chi connectivity index (χ1) is 12.1. The van der Waals surface area contributed by atoms with Crippen molar-refractivity contribution in [3.63, 3.8) is 0 Å². The van der Waals surface area contributed by atoms with Gasteiger partial charge < -0.3 is 25.6 Å². The predicted molar refractivity (Wildman–Crippen MR) is 98.3 cm³/mol. The molecule has 25 heavy (non-hydrogen) atoms. The molecule has 1 aromatic rings. The Bertz CT molecular complexity index is 588. The minimum absolute atomic E-state index is 0.149. The van der Waals surface area contributed by atoms with Crippen molar-refractivity contribution in [3.05, 3.63) is 23.8 Å². The topological polar surface area (TPSA) is 87.9 Å². The summed E-state index contributed by atoms with van der Waals surface area (Å²) in [6, 6.07) is 4.25. The number of carbonyl (C=O) groups is 2. The third-order valence-corrected chi connectivity index (χ3v) is 4.42. The molecule has 0 radical (unpaired) electrons. The molecule has 3 rings (SSSR count). The van der Waals surface area contributed by atoms with Crippen molar-refractivity contribution in [2.45, 2.75) is 18.9 Å². The molecule has 1 fully saturated rings. The van der Waals surface area contributed by atoms with Crippen LogP contribution in [-0.4, -0.2) is 70.0 Å². The van der Waals surface area contributed by atoms with Crippen molar-refractivity contribution in [3.8, 4) is 5.75 Å². The van der Waals surface area contributed by atoms with Gasteiger partial charge in [0.25, 0.3) is 0 Å². The van der Waals surface area contributed by atoms with Gasteiger partial charge in [0.2, 0.25) is 5.91 Å². The van der Waals surface area contributed by atoms with Gasteiger partial charge >= 0.3 is 0 Å². The van der Waals surface area contributed by atoms with E-state index in [0.29, 0.717) is 17.0 Å². The molecular weight excluding hydrogens is 320 g/mol. The van der Waals surface area contributed by atoms with E-state index in [9.17, 15) is 9.59 Å². The highest BCUT2D eigenvalue weighted by molar-refractivity contribution is 5.99. The lowest BCUT2D eigenvalue weighted by molar-refractivity contribution is -0.119. The van der Waals surface area contributed by atoms with E-state index in [1.165, 1.54) is 37.4 Å². The van der Waals surface area contributed by atoms with Gasteiger partial charge in [-0.2, -0.15) is 0 Å². The predicted octanol–water partition coefficient (Wildman–Crippen LogP) is 0.483. The van der Waals surface area contributed by atoms with Crippen LogP contribution in [0.1, 0.15) is 23.2 Å². The Morgan fingerprint density at radius 1 is 1.36 bits per heavy atom. The number of likely N-dealkylation sites (N-methyl/N-ethyl adjacent to an activating group) is 2. The number of likely N-dealkylation sites (tertiary alicyclic amines) is 1. The average Bonchev–Trinajstić information content (AvgIpc) is 3.13. The zero-order chi connectivity index (χ0) is 18.2. The smallest absolute Gasteiger partial charge is 0.247 e. The number of hydrogen-bond donors (Lipinski definition) is 2. The standard InChI is InChI=1S/C11H12N2O3.C7H16N2/c1-13-9-4-7(5-14)2-3-10(9)16-6-8(12)11(13)15;1-8-4-7-9-5-2-3-6-9/h2-5,8H,6,12H2,1H3;8H,2-7H2,1H3/t8-;/m0./s1. The van der Waals surface area contributed by atoms with Gasteiger partial charge in [-0.15, -0.1) is 0 Å². The van der Waals surface area contributed by atoms with Crippen LogP contribution in [0.3, 0.4) is 0 Å². The SMILES string of the molecule is CN1C(=O)[C@@H](N)COc2ccc(C=O)cc21.CNCCN1CCCC1. The van der Waals surface area contributed by atoms with Crippen LogP contribution in [0.5, 0.6) is 5.75 Å². The Balaban J connectivity index is 0.000000212. The maximum Gasteiger partial charge on any atom is 0.247 e. The molecule has 2 aliphatic rings. The summed E-state index contributed by atoms with van der Waals surface area (Å²) in [5, 5.41) is 3.15. The third-order valence-electron chi connectivity index (χ3n) is 4.42. The first kappa shape index (κ1) is 19.4. The van der Waals surface area contributed by atoms with E-state index < -0.39 is 6.04 Å². The van der Waals surface area contributed by atoms with Crippen LogP contribution >= 0.6 is 0 Å². The van der Waals surface area contributed by atoms with Crippen LogP contribution in [0.25, 0.3) is 0 Å². The van der Waals surface area contributed by atoms with Gasteiger partial charge in [0, 0.05) is 25.7 Å². The summed E-state index contributed by atoms with van der Waals surface area (Å²) in [5.41, 5.74) is 6.70. The van der Waals surface area contributed by atoms with Crippen molar-refractivity contribution in [1.29, 1.82) is 0 Å². The first-order valence-electron chi connectivity index (χ1n) is 8.69. The number of aldehydes is 1. The highest BCUT2D eigenvalue weighted by atomic mass is 16.5. The molecule has 7 heteroatoms. The maximum atomic E-state index is 11.7. The van der Waals surface area contributed by atoms with E-state index in [-0.39, 0.29) is 12.5 Å². The average molecular weight is 348 g/mol. The van der Waals surface area contributed by atoms with Crippen molar-refractivity contribution in [2.24, 2.45) is 5.73 Å².